The summed E-state index contributed by atoms with van der Waals surface area (Å²) in [6.45, 7) is 0.537. The Balaban J connectivity index is 2.17. The van der Waals surface area contributed by atoms with E-state index in [-0.39, 0.29) is 11.7 Å². The lowest BCUT2D eigenvalue weighted by Gasteiger charge is -2.37. The van der Waals surface area contributed by atoms with E-state index >= 15 is 0 Å². The lowest BCUT2D eigenvalue weighted by atomic mass is 9.72. The normalized spacial score (nSPS) is 18.5. The van der Waals surface area contributed by atoms with Gasteiger partial charge in [0.25, 0.3) is 0 Å². The van der Waals surface area contributed by atoms with Crippen LogP contribution in [0.1, 0.15) is 37.0 Å². The fraction of sp³-hybridized carbons (Fsp3) is 0.571. The number of carbonyl (C=O) groups is 1. The minimum atomic E-state index is -0.837. The van der Waals surface area contributed by atoms with Gasteiger partial charge in [-0.25, -0.2) is 0 Å². The van der Waals surface area contributed by atoms with Gasteiger partial charge in [0, 0.05) is 21.8 Å². The average molecular weight is 374 g/mol. The molecular weight excluding hydrogens is 354 g/mol. The van der Waals surface area contributed by atoms with Crippen LogP contribution in [0.15, 0.2) is 21.1 Å². The van der Waals surface area contributed by atoms with Gasteiger partial charge in [-0.05, 0) is 34.8 Å². The van der Waals surface area contributed by atoms with Crippen molar-refractivity contribution in [2.45, 2.75) is 38.6 Å². The smallest absolute Gasteiger partial charge is 0.236 e. The molecule has 21 heavy (non-hydrogen) atoms. The SMILES string of the molecule is CN(Cc1cc(Br)cs1)C(=O)C1(C(N)=NO)CCCCC1. The molecule has 116 valence electrons. The van der Waals surface area contributed by atoms with Crippen LogP contribution < -0.4 is 5.73 Å². The van der Waals surface area contributed by atoms with Gasteiger partial charge in [-0.15, -0.1) is 11.3 Å². The standard InChI is InChI=1S/C14H20BrN3O2S/c1-18(8-11-7-10(15)9-21-11)13(19)14(12(16)17-20)5-3-2-4-6-14/h7,9,20H,2-6,8H2,1H3,(H2,16,17). The second-order valence-electron chi connectivity index (χ2n) is 5.52. The monoisotopic (exact) mass is 373 g/mol. The molecule has 2 rings (SSSR count). The molecule has 1 amide bonds. The van der Waals surface area contributed by atoms with E-state index in [4.69, 9.17) is 10.9 Å². The van der Waals surface area contributed by atoms with Gasteiger partial charge >= 0.3 is 0 Å². The second-order valence-corrected chi connectivity index (χ2v) is 7.43. The molecule has 0 radical (unpaired) electrons. The van der Waals surface area contributed by atoms with E-state index in [2.05, 4.69) is 21.1 Å². The number of nitrogens with zero attached hydrogens (tertiary/aromatic N) is 2. The topological polar surface area (TPSA) is 78.9 Å². The molecular formula is C14H20BrN3O2S. The van der Waals surface area contributed by atoms with Crippen LogP contribution in [0, 0.1) is 5.41 Å². The molecule has 0 aromatic carbocycles. The van der Waals surface area contributed by atoms with E-state index < -0.39 is 5.41 Å². The lowest BCUT2D eigenvalue weighted by Crippen LogP contribution is -2.51. The third-order valence-corrected chi connectivity index (χ3v) is 5.76. The molecule has 3 N–H and O–H groups in total. The van der Waals surface area contributed by atoms with Crippen molar-refractivity contribution in [2.75, 3.05) is 7.05 Å². The summed E-state index contributed by atoms with van der Waals surface area (Å²) < 4.78 is 1.02. The first-order chi connectivity index (χ1) is 9.99. The fourth-order valence-electron chi connectivity index (χ4n) is 2.94. The van der Waals surface area contributed by atoms with Crippen molar-refractivity contribution in [2.24, 2.45) is 16.3 Å². The van der Waals surface area contributed by atoms with Gasteiger partial charge in [0.1, 0.15) is 5.41 Å². The number of amidine groups is 1. The highest BCUT2D eigenvalue weighted by Gasteiger charge is 2.45. The van der Waals surface area contributed by atoms with Crippen LogP contribution >= 0.6 is 27.3 Å². The van der Waals surface area contributed by atoms with E-state index in [0.29, 0.717) is 19.4 Å². The van der Waals surface area contributed by atoms with Gasteiger partial charge in [-0.1, -0.05) is 24.4 Å². The highest BCUT2D eigenvalue weighted by molar-refractivity contribution is 9.10. The van der Waals surface area contributed by atoms with Gasteiger partial charge < -0.3 is 15.8 Å². The van der Waals surface area contributed by atoms with Crippen molar-refractivity contribution in [1.29, 1.82) is 0 Å². The molecule has 0 unspecified atom stereocenters. The summed E-state index contributed by atoms with van der Waals surface area (Å²) in [5, 5.41) is 14.2. The number of hydrogen-bond acceptors (Lipinski definition) is 4. The van der Waals surface area contributed by atoms with E-state index in [9.17, 15) is 4.79 Å². The van der Waals surface area contributed by atoms with Crippen molar-refractivity contribution in [3.05, 3.63) is 20.8 Å². The number of carbonyl (C=O) groups excluding carboxylic acids is 1. The Kier molecular flexibility index (Phi) is 5.27. The van der Waals surface area contributed by atoms with Crippen molar-refractivity contribution in [3.63, 3.8) is 0 Å². The van der Waals surface area contributed by atoms with Crippen molar-refractivity contribution in [1.82, 2.24) is 4.90 Å². The number of nitrogens with two attached hydrogens (primary N) is 1. The van der Waals surface area contributed by atoms with Crippen LogP contribution in [0.3, 0.4) is 0 Å². The fourth-order valence-corrected chi connectivity index (χ4v) is 4.44. The first kappa shape index (κ1) is 16.3. The van der Waals surface area contributed by atoms with E-state index in [1.54, 1.807) is 23.3 Å². The highest BCUT2D eigenvalue weighted by Crippen LogP contribution is 2.38. The molecule has 0 spiro atoms. The van der Waals surface area contributed by atoms with Crippen molar-refractivity contribution < 1.29 is 10.0 Å². The van der Waals surface area contributed by atoms with Crippen LogP contribution in [0.5, 0.6) is 0 Å². The number of amides is 1. The summed E-state index contributed by atoms with van der Waals surface area (Å²) in [6.07, 6.45) is 4.26. The molecule has 1 aromatic rings. The molecule has 1 saturated carbocycles. The zero-order valence-corrected chi connectivity index (χ0v) is 14.4. The molecule has 0 atom stereocenters. The Labute approximate surface area is 136 Å². The van der Waals surface area contributed by atoms with Gasteiger partial charge in [-0.3, -0.25) is 4.79 Å². The zero-order valence-electron chi connectivity index (χ0n) is 12.0. The van der Waals surface area contributed by atoms with Crippen LogP contribution in [0.2, 0.25) is 0 Å². The Morgan fingerprint density at radius 1 is 1.52 bits per heavy atom. The Hall–Kier alpha value is -1.08. The largest absolute Gasteiger partial charge is 0.409 e. The highest BCUT2D eigenvalue weighted by atomic mass is 79.9. The molecule has 1 fully saturated rings. The summed E-state index contributed by atoms with van der Waals surface area (Å²) in [6, 6.07) is 2.01. The molecule has 5 nitrogen and oxygen atoms in total. The molecule has 0 aliphatic heterocycles. The van der Waals surface area contributed by atoms with E-state index in [1.165, 1.54) is 0 Å². The zero-order chi connectivity index (χ0) is 15.5. The van der Waals surface area contributed by atoms with Crippen molar-refractivity contribution in [3.8, 4) is 0 Å². The van der Waals surface area contributed by atoms with Gasteiger partial charge in [0.05, 0.1) is 6.54 Å². The summed E-state index contributed by atoms with van der Waals surface area (Å²) in [5.41, 5.74) is 5.03. The van der Waals surface area contributed by atoms with Gasteiger partial charge in [-0.2, -0.15) is 0 Å². The molecule has 0 bridgehead atoms. The molecule has 1 heterocycles. The van der Waals surface area contributed by atoms with Gasteiger partial charge in [0.15, 0.2) is 5.84 Å². The number of thiophene rings is 1. The first-order valence-corrected chi connectivity index (χ1v) is 8.63. The molecule has 1 aliphatic rings. The third-order valence-electron chi connectivity index (χ3n) is 4.08. The summed E-state index contributed by atoms with van der Waals surface area (Å²) >= 11 is 5.02. The Bertz CT molecular complexity index is 538. The molecule has 1 aromatic heterocycles. The third kappa shape index (κ3) is 3.40. The summed E-state index contributed by atoms with van der Waals surface area (Å²) in [4.78, 5) is 15.7. The molecule has 7 heteroatoms. The van der Waals surface area contributed by atoms with Crippen molar-refractivity contribution >= 4 is 39.0 Å². The number of oxime groups is 1. The summed E-state index contributed by atoms with van der Waals surface area (Å²) in [7, 11) is 1.77. The number of rotatable bonds is 4. The minimum Gasteiger partial charge on any atom is -0.409 e. The quantitative estimate of drug-likeness (QED) is 0.368. The maximum atomic E-state index is 12.9. The maximum Gasteiger partial charge on any atom is 0.236 e. The molecule has 1 aliphatic carbocycles. The van der Waals surface area contributed by atoms with E-state index in [0.717, 1.165) is 28.6 Å². The average Bonchev–Trinajstić information content (AvgIpc) is 2.91. The summed E-state index contributed by atoms with van der Waals surface area (Å²) in [5.74, 6) is -0.00608. The molecule has 0 saturated heterocycles. The van der Waals surface area contributed by atoms with Gasteiger partial charge in [0.2, 0.25) is 5.91 Å². The van der Waals surface area contributed by atoms with Crippen LogP contribution in [0.25, 0.3) is 0 Å². The predicted molar refractivity (Wildman–Crippen MR) is 87.4 cm³/mol. The number of hydrogen-bond donors (Lipinski definition) is 2. The van der Waals surface area contributed by atoms with E-state index in [1.807, 2.05) is 11.4 Å². The Morgan fingerprint density at radius 3 is 2.71 bits per heavy atom. The second kappa shape index (κ2) is 6.79. The predicted octanol–water partition coefficient (Wildman–Crippen LogP) is 3.17. The van der Waals surface area contributed by atoms with Crippen LogP contribution in [0.4, 0.5) is 0 Å². The maximum absolute atomic E-state index is 12.9. The Morgan fingerprint density at radius 2 is 2.19 bits per heavy atom. The first-order valence-electron chi connectivity index (χ1n) is 6.96. The minimum absolute atomic E-state index is 0.0476. The van der Waals surface area contributed by atoms with Crippen LogP contribution in [-0.4, -0.2) is 28.9 Å². The number of halogens is 1. The van der Waals surface area contributed by atoms with Crippen LogP contribution in [-0.2, 0) is 11.3 Å². The lowest BCUT2D eigenvalue weighted by molar-refractivity contribution is -0.139.